The fourth-order valence-electron chi connectivity index (χ4n) is 1.45. The molecule has 4 heteroatoms. The van der Waals surface area contributed by atoms with E-state index in [9.17, 15) is 4.79 Å². The van der Waals surface area contributed by atoms with Crippen LogP contribution in [0.2, 0.25) is 5.02 Å². The van der Waals surface area contributed by atoms with E-state index >= 15 is 0 Å². The van der Waals surface area contributed by atoms with Gasteiger partial charge < -0.3 is 10.6 Å². The van der Waals surface area contributed by atoms with E-state index in [1.54, 1.807) is 0 Å². The predicted molar refractivity (Wildman–Crippen MR) is 65.7 cm³/mol. The lowest BCUT2D eigenvalue weighted by Gasteiger charge is -2.06. The third-order valence-electron chi connectivity index (χ3n) is 2.45. The number of nitrogens with one attached hydrogen (secondary N) is 2. The molecular weight excluding hydrogens is 224 g/mol. The summed E-state index contributed by atoms with van der Waals surface area (Å²) in [6.45, 7) is 0.638. The lowest BCUT2D eigenvalue weighted by Crippen LogP contribution is -2.27. The van der Waals surface area contributed by atoms with Gasteiger partial charge in [0.15, 0.2) is 0 Å². The van der Waals surface area contributed by atoms with Crippen LogP contribution in [-0.4, -0.2) is 18.5 Å². The van der Waals surface area contributed by atoms with Crippen LogP contribution in [-0.2, 0) is 4.79 Å². The maximum absolute atomic E-state index is 11.4. The fourth-order valence-corrected chi connectivity index (χ4v) is 1.64. The van der Waals surface area contributed by atoms with Crippen molar-refractivity contribution in [2.75, 3.05) is 11.9 Å². The summed E-state index contributed by atoms with van der Waals surface area (Å²) in [5.41, 5.74) is 0.951. The van der Waals surface area contributed by atoms with Crippen LogP contribution in [0.4, 0.5) is 5.69 Å². The zero-order chi connectivity index (χ0) is 11.4. The highest BCUT2D eigenvalue weighted by atomic mass is 35.5. The van der Waals surface area contributed by atoms with E-state index in [0.717, 1.165) is 18.5 Å². The molecule has 1 amide bonds. The van der Waals surface area contributed by atoms with Crippen molar-refractivity contribution in [1.82, 2.24) is 5.32 Å². The summed E-state index contributed by atoms with van der Waals surface area (Å²) in [6, 6.07) is 7.94. The van der Waals surface area contributed by atoms with Gasteiger partial charge in [-0.2, -0.15) is 0 Å². The molecule has 0 atom stereocenters. The molecule has 0 aromatic heterocycles. The Morgan fingerprint density at radius 3 is 2.94 bits per heavy atom. The van der Waals surface area contributed by atoms with Crippen molar-refractivity contribution in [3.05, 3.63) is 29.3 Å². The molecule has 2 N–H and O–H groups in total. The highest BCUT2D eigenvalue weighted by molar-refractivity contribution is 6.30. The molecule has 1 fully saturated rings. The van der Waals surface area contributed by atoms with Crippen LogP contribution >= 0.6 is 11.6 Å². The standard InChI is InChI=1S/C12H15ClN2O/c13-9-2-1-3-11(8-9)14-7-6-12(16)15-10-4-5-10/h1-3,8,10,14H,4-7H2,(H,15,16). The van der Waals surface area contributed by atoms with E-state index in [4.69, 9.17) is 11.6 Å². The Balaban J connectivity index is 1.68. The molecule has 1 saturated carbocycles. The molecule has 1 aliphatic rings. The first kappa shape index (κ1) is 11.3. The monoisotopic (exact) mass is 238 g/mol. The number of benzene rings is 1. The summed E-state index contributed by atoms with van der Waals surface area (Å²) in [7, 11) is 0. The van der Waals surface area contributed by atoms with E-state index in [1.807, 2.05) is 24.3 Å². The van der Waals surface area contributed by atoms with Crippen LogP contribution in [0.15, 0.2) is 24.3 Å². The first-order valence-electron chi connectivity index (χ1n) is 5.53. The molecule has 1 aromatic rings. The second-order valence-electron chi connectivity index (χ2n) is 4.03. The number of carbonyl (C=O) groups is 1. The lowest BCUT2D eigenvalue weighted by atomic mass is 10.3. The molecule has 0 aliphatic heterocycles. The maximum atomic E-state index is 11.4. The maximum Gasteiger partial charge on any atom is 0.221 e. The Kier molecular flexibility index (Phi) is 3.67. The smallest absolute Gasteiger partial charge is 0.221 e. The zero-order valence-electron chi connectivity index (χ0n) is 9.00. The summed E-state index contributed by atoms with van der Waals surface area (Å²) in [6.07, 6.45) is 2.77. The van der Waals surface area contributed by atoms with Gasteiger partial charge >= 0.3 is 0 Å². The van der Waals surface area contributed by atoms with E-state index in [2.05, 4.69) is 10.6 Å². The number of rotatable bonds is 5. The number of amides is 1. The Bertz CT molecular complexity index is 377. The highest BCUT2D eigenvalue weighted by Crippen LogP contribution is 2.18. The van der Waals surface area contributed by atoms with Gasteiger partial charge in [0.05, 0.1) is 0 Å². The lowest BCUT2D eigenvalue weighted by molar-refractivity contribution is -0.120. The molecule has 0 saturated heterocycles. The largest absolute Gasteiger partial charge is 0.384 e. The Hall–Kier alpha value is -1.22. The second kappa shape index (κ2) is 5.21. The molecule has 0 unspecified atom stereocenters. The van der Waals surface area contributed by atoms with Gasteiger partial charge in [-0.3, -0.25) is 4.79 Å². The number of carbonyl (C=O) groups excluding carboxylic acids is 1. The number of hydrogen-bond donors (Lipinski definition) is 2. The summed E-state index contributed by atoms with van der Waals surface area (Å²) < 4.78 is 0. The van der Waals surface area contributed by atoms with Gasteiger partial charge in [0.2, 0.25) is 5.91 Å². The first-order valence-corrected chi connectivity index (χ1v) is 5.90. The van der Waals surface area contributed by atoms with Crippen molar-refractivity contribution in [3.63, 3.8) is 0 Å². The molecule has 0 heterocycles. The van der Waals surface area contributed by atoms with Crippen molar-refractivity contribution in [2.45, 2.75) is 25.3 Å². The number of hydrogen-bond acceptors (Lipinski definition) is 2. The molecule has 1 aliphatic carbocycles. The van der Waals surface area contributed by atoms with Crippen LogP contribution in [0, 0.1) is 0 Å². The van der Waals surface area contributed by atoms with Crippen LogP contribution in [0.25, 0.3) is 0 Å². The summed E-state index contributed by atoms with van der Waals surface area (Å²) in [4.78, 5) is 11.4. The summed E-state index contributed by atoms with van der Waals surface area (Å²) in [5.74, 6) is 0.122. The molecule has 0 spiro atoms. The molecule has 0 bridgehead atoms. The van der Waals surface area contributed by atoms with E-state index < -0.39 is 0 Å². The Labute approximate surface area is 100 Å². The predicted octanol–water partition coefficient (Wildman–Crippen LogP) is 2.42. The van der Waals surface area contributed by atoms with Gasteiger partial charge in [-0.15, -0.1) is 0 Å². The molecule has 16 heavy (non-hydrogen) atoms. The Morgan fingerprint density at radius 2 is 2.25 bits per heavy atom. The summed E-state index contributed by atoms with van der Waals surface area (Å²) in [5, 5.41) is 6.81. The highest BCUT2D eigenvalue weighted by Gasteiger charge is 2.22. The summed E-state index contributed by atoms with van der Waals surface area (Å²) >= 11 is 5.84. The van der Waals surface area contributed by atoms with Gasteiger partial charge in [0, 0.05) is 29.7 Å². The van der Waals surface area contributed by atoms with E-state index in [1.165, 1.54) is 0 Å². The zero-order valence-corrected chi connectivity index (χ0v) is 9.76. The van der Waals surface area contributed by atoms with E-state index in [0.29, 0.717) is 24.0 Å². The minimum Gasteiger partial charge on any atom is -0.384 e. The SMILES string of the molecule is O=C(CCNc1cccc(Cl)c1)NC1CC1. The minimum absolute atomic E-state index is 0.122. The molecule has 86 valence electrons. The van der Waals surface area contributed by atoms with Crippen LogP contribution in [0.1, 0.15) is 19.3 Å². The third-order valence-corrected chi connectivity index (χ3v) is 2.68. The van der Waals surface area contributed by atoms with Crippen molar-refractivity contribution in [3.8, 4) is 0 Å². The molecule has 2 rings (SSSR count). The van der Waals surface area contributed by atoms with Gasteiger partial charge in [0.25, 0.3) is 0 Å². The number of anilines is 1. The van der Waals surface area contributed by atoms with Crippen LogP contribution in [0.3, 0.4) is 0 Å². The van der Waals surface area contributed by atoms with Crippen LogP contribution in [0.5, 0.6) is 0 Å². The van der Waals surface area contributed by atoms with Gasteiger partial charge in [-0.05, 0) is 31.0 Å². The molecular formula is C12H15ClN2O. The topological polar surface area (TPSA) is 41.1 Å². The quantitative estimate of drug-likeness (QED) is 0.827. The van der Waals surface area contributed by atoms with Crippen molar-refractivity contribution in [2.24, 2.45) is 0 Å². The van der Waals surface area contributed by atoms with Crippen molar-refractivity contribution >= 4 is 23.2 Å². The molecule has 1 aromatic carbocycles. The molecule has 0 radical (unpaired) electrons. The normalized spacial score (nSPS) is 14.6. The second-order valence-corrected chi connectivity index (χ2v) is 4.47. The van der Waals surface area contributed by atoms with Crippen LogP contribution < -0.4 is 10.6 Å². The first-order chi connectivity index (χ1) is 7.74. The van der Waals surface area contributed by atoms with Crippen molar-refractivity contribution < 1.29 is 4.79 Å². The van der Waals surface area contributed by atoms with Gasteiger partial charge in [-0.1, -0.05) is 17.7 Å². The van der Waals surface area contributed by atoms with Crippen molar-refractivity contribution in [1.29, 1.82) is 0 Å². The average molecular weight is 239 g/mol. The van der Waals surface area contributed by atoms with E-state index in [-0.39, 0.29) is 5.91 Å². The van der Waals surface area contributed by atoms with Gasteiger partial charge in [-0.25, -0.2) is 0 Å². The minimum atomic E-state index is 0.122. The number of halogens is 1. The fraction of sp³-hybridized carbons (Fsp3) is 0.417. The van der Waals surface area contributed by atoms with Gasteiger partial charge in [0.1, 0.15) is 0 Å². The molecule has 3 nitrogen and oxygen atoms in total. The Morgan fingerprint density at radius 1 is 1.44 bits per heavy atom. The average Bonchev–Trinajstić information content (AvgIpc) is 3.02. The third kappa shape index (κ3) is 3.74.